The fraction of sp³-hybridized carbons (Fsp3) is 0.176. The Bertz CT molecular complexity index is 604. The third-order valence-electron chi connectivity index (χ3n) is 3.23. The van der Waals surface area contributed by atoms with Gasteiger partial charge >= 0.3 is 11.9 Å². The molecule has 0 aliphatic rings. The highest BCUT2D eigenvalue weighted by Crippen LogP contribution is 2.19. The third kappa shape index (κ3) is 3.28. The van der Waals surface area contributed by atoms with E-state index in [1.165, 1.54) is 14.2 Å². The second kappa shape index (κ2) is 6.70. The van der Waals surface area contributed by atoms with Crippen molar-refractivity contribution in [1.82, 2.24) is 0 Å². The van der Waals surface area contributed by atoms with Crippen LogP contribution in [-0.2, 0) is 15.9 Å². The molecule has 0 unspecified atom stereocenters. The van der Waals surface area contributed by atoms with Crippen molar-refractivity contribution in [1.29, 1.82) is 0 Å². The number of ether oxygens (including phenoxy) is 2. The first-order valence-electron chi connectivity index (χ1n) is 6.49. The predicted molar refractivity (Wildman–Crippen MR) is 78.4 cm³/mol. The summed E-state index contributed by atoms with van der Waals surface area (Å²) in [6, 6.07) is 14.4. The van der Waals surface area contributed by atoms with Crippen LogP contribution in [0.15, 0.2) is 48.5 Å². The van der Waals surface area contributed by atoms with Gasteiger partial charge in [-0.1, -0.05) is 36.4 Å². The SMILES string of the molecule is COC(=O)c1ccccc1Cc1ccccc1C(=O)OC. The Morgan fingerprint density at radius 3 is 1.52 bits per heavy atom. The molecule has 0 aromatic heterocycles. The molecule has 0 fully saturated rings. The maximum atomic E-state index is 11.8. The Balaban J connectivity index is 2.40. The van der Waals surface area contributed by atoms with Gasteiger partial charge in [0, 0.05) is 0 Å². The fourth-order valence-corrected chi connectivity index (χ4v) is 2.17. The number of esters is 2. The molecule has 21 heavy (non-hydrogen) atoms. The first-order valence-corrected chi connectivity index (χ1v) is 6.49. The van der Waals surface area contributed by atoms with Crippen LogP contribution < -0.4 is 0 Å². The average Bonchev–Trinajstić information content (AvgIpc) is 2.54. The van der Waals surface area contributed by atoms with Crippen molar-refractivity contribution in [2.24, 2.45) is 0 Å². The Hall–Kier alpha value is -2.62. The maximum Gasteiger partial charge on any atom is 0.338 e. The lowest BCUT2D eigenvalue weighted by Crippen LogP contribution is -2.09. The molecule has 4 heteroatoms. The third-order valence-corrected chi connectivity index (χ3v) is 3.23. The van der Waals surface area contributed by atoms with Crippen LogP contribution in [0.3, 0.4) is 0 Å². The number of carbonyl (C=O) groups is 2. The first kappa shape index (κ1) is 14.8. The minimum atomic E-state index is -0.388. The van der Waals surface area contributed by atoms with E-state index in [0.29, 0.717) is 17.5 Å². The van der Waals surface area contributed by atoms with E-state index >= 15 is 0 Å². The lowest BCUT2D eigenvalue weighted by atomic mass is 9.96. The van der Waals surface area contributed by atoms with Crippen LogP contribution in [-0.4, -0.2) is 26.2 Å². The Kier molecular flexibility index (Phi) is 4.72. The second-order valence-corrected chi connectivity index (χ2v) is 4.47. The van der Waals surface area contributed by atoms with Crippen LogP contribution in [0.4, 0.5) is 0 Å². The minimum Gasteiger partial charge on any atom is -0.465 e. The van der Waals surface area contributed by atoms with E-state index in [9.17, 15) is 9.59 Å². The van der Waals surface area contributed by atoms with Gasteiger partial charge in [0.15, 0.2) is 0 Å². The minimum absolute atomic E-state index is 0.388. The molecule has 108 valence electrons. The molecular formula is C17H16O4. The molecule has 0 bridgehead atoms. The summed E-state index contributed by atoms with van der Waals surface area (Å²) in [5.74, 6) is -0.776. The van der Waals surface area contributed by atoms with E-state index in [1.54, 1.807) is 24.3 Å². The first-order chi connectivity index (χ1) is 10.2. The molecule has 0 spiro atoms. The van der Waals surface area contributed by atoms with Gasteiger partial charge in [0.25, 0.3) is 0 Å². The molecular weight excluding hydrogens is 268 g/mol. The molecule has 0 amide bonds. The van der Waals surface area contributed by atoms with Crippen LogP contribution >= 0.6 is 0 Å². The molecule has 2 rings (SSSR count). The van der Waals surface area contributed by atoms with Crippen LogP contribution in [0.2, 0.25) is 0 Å². The summed E-state index contributed by atoms with van der Waals surface area (Å²) >= 11 is 0. The highest BCUT2D eigenvalue weighted by atomic mass is 16.5. The van der Waals surface area contributed by atoms with Gasteiger partial charge in [0.2, 0.25) is 0 Å². The Labute approximate surface area is 123 Å². The molecule has 0 saturated heterocycles. The van der Waals surface area contributed by atoms with Crippen molar-refractivity contribution in [2.45, 2.75) is 6.42 Å². The monoisotopic (exact) mass is 284 g/mol. The van der Waals surface area contributed by atoms with Crippen LogP contribution in [0.25, 0.3) is 0 Å². The Morgan fingerprint density at radius 1 is 0.762 bits per heavy atom. The van der Waals surface area contributed by atoms with E-state index in [2.05, 4.69) is 0 Å². The van der Waals surface area contributed by atoms with Crippen molar-refractivity contribution in [3.63, 3.8) is 0 Å². The van der Waals surface area contributed by atoms with Gasteiger partial charge in [-0.3, -0.25) is 0 Å². The number of benzene rings is 2. The van der Waals surface area contributed by atoms with Crippen molar-refractivity contribution in [3.8, 4) is 0 Å². The van der Waals surface area contributed by atoms with Gasteiger partial charge in [-0.25, -0.2) is 9.59 Å². The van der Waals surface area contributed by atoms with Crippen LogP contribution in [0.5, 0.6) is 0 Å². The van der Waals surface area contributed by atoms with Gasteiger partial charge in [0.05, 0.1) is 25.3 Å². The summed E-state index contributed by atoms with van der Waals surface area (Å²) < 4.78 is 9.57. The Morgan fingerprint density at radius 2 is 1.14 bits per heavy atom. The molecule has 2 aromatic rings. The van der Waals surface area contributed by atoms with Gasteiger partial charge in [-0.15, -0.1) is 0 Å². The van der Waals surface area contributed by atoms with E-state index in [1.807, 2.05) is 24.3 Å². The highest BCUT2D eigenvalue weighted by Gasteiger charge is 2.15. The summed E-state index contributed by atoms with van der Waals surface area (Å²) in [5.41, 5.74) is 2.61. The summed E-state index contributed by atoms with van der Waals surface area (Å²) in [6.45, 7) is 0. The van der Waals surface area contributed by atoms with Crippen molar-refractivity contribution < 1.29 is 19.1 Å². The standard InChI is InChI=1S/C17H16O4/c1-20-16(18)14-9-5-3-7-12(14)11-13-8-4-6-10-15(13)17(19)21-2/h3-10H,11H2,1-2H3. The molecule has 0 aliphatic heterocycles. The van der Waals surface area contributed by atoms with Crippen LogP contribution in [0, 0.1) is 0 Å². The smallest absolute Gasteiger partial charge is 0.338 e. The summed E-state index contributed by atoms with van der Waals surface area (Å²) in [6.07, 6.45) is 0.455. The van der Waals surface area contributed by atoms with E-state index < -0.39 is 0 Å². The predicted octanol–water partition coefficient (Wildman–Crippen LogP) is 2.85. The van der Waals surface area contributed by atoms with Gasteiger partial charge in [0.1, 0.15) is 0 Å². The zero-order valence-electron chi connectivity index (χ0n) is 12.0. The van der Waals surface area contributed by atoms with E-state index in [-0.39, 0.29) is 11.9 Å². The maximum absolute atomic E-state index is 11.8. The quantitative estimate of drug-likeness (QED) is 0.810. The molecule has 0 atom stereocenters. The molecule has 0 heterocycles. The number of carbonyl (C=O) groups excluding carboxylic acids is 2. The normalized spacial score (nSPS) is 10.0. The molecule has 2 aromatic carbocycles. The van der Waals surface area contributed by atoms with Crippen molar-refractivity contribution >= 4 is 11.9 Å². The fourth-order valence-electron chi connectivity index (χ4n) is 2.17. The lowest BCUT2D eigenvalue weighted by Gasteiger charge is -2.10. The number of hydrogen-bond donors (Lipinski definition) is 0. The highest BCUT2D eigenvalue weighted by molar-refractivity contribution is 5.92. The van der Waals surface area contributed by atoms with Crippen molar-refractivity contribution in [3.05, 3.63) is 70.8 Å². The zero-order chi connectivity index (χ0) is 15.2. The molecule has 4 nitrogen and oxygen atoms in total. The largest absolute Gasteiger partial charge is 0.465 e. The molecule has 0 radical (unpaired) electrons. The van der Waals surface area contributed by atoms with E-state index in [0.717, 1.165) is 11.1 Å². The van der Waals surface area contributed by atoms with Crippen LogP contribution in [0.1, 0.15) is 31.8 Å². The summed E-state index contributed by atoms with van der Waals surface area (Å²) in [4.78, 5) is 23.6. The summed E-state index contributed by atoms with van der Waals surface area (Å²) in [5, 5.41) is 0. The molecule has 0 saturated carbocycles. The number of rotatable bonds is 4. The molecule has 0 N–H and O–H groups in total. The van der Waals surface area contributed by atoms with Gasteiger partial charge in [-0.05, 0) is 29.7 Å². The number of hydrogen-bond acceptors (Lipinski definition) is 4. The topological polar surface area (TPSA) is 52.6 Å². The lowest BCUT2D eigenvalue weighted by molar-refractivity contribution is 0.0592. The van der Waals surface area contributed by atoms with E-state index in [4.69, 9.17) is 9.47 Å². The van der Waals surface area contributed by atoms with Gasteiger partial charge in [-0.2, -0.15) is 0 Å². The molecule has 0 aliphatic carbocycles. The summed E-state index contributed by atoms with van der Waals surface area (Å²) in [7, 11) is 2.70. The second-order valence-electron chi connectivity index (χ2n) is 4.47. The number of methoxy groups -OCH3 is 2. The van der Waals surface area contributed by atoms with Gasteiger partial charge < -0.3 is 9.47 Å². The average molecular weight is 284 g/mol. The zero-order valence-corrected chi connectivity index (χ0v) is 12.0. The van der Waals surface area contributed by atoms with Crippen molar-refractivity contribution in [2.75, 3.05) is 14.2 Å².